The quantitative estimate of drug-likeness (QED) is 0.654. The molecule has 3 nitrogen and oxygen atoms in total. The van der Waals surface area contributed by atoms with Gasteiger partial charge in [0, 0.05) is 6.42 Å². The lowest BCUT2D eigenvalue weighted by molar-refractivity contribution is -0.0222. The minimum absolute atomic E-state index is 0.136. The first-order chi connectivity index (χ1) is 12.1. The molecule has 124 valence electrons. The summed E-state index contributed by atoms with van der Waals surface area (Å²) in [6.45, 7) is -0.567. The van der Waals surface area contributed by atoms with E-state index in [4.69, 9.17) is 29.1 Å². The van der Waals surface area contributed by atoms with E-state index in [9.17, 15) is 5.11 Å². The third-order valence-electron chi connectivity index (χ3n) is 4.07. The number of terminal acetylenes is 3. The van der Waals surface area contributed by atoms with E-state index in [1.54, 1.807) is 0 Å². The molecule has 1 fully saturated rings. The van der Waals surface area contributed by atoms with Crippen LogP contribution in [0.5, 0.6) is 0 Å². The number of hydrogen-bond acceptors (Lipinski definition) is 3. The topological polar surface area (TPSA) is 49.7 Å². The molecule has 0 amide bonds. The molecule has 1 aliphatic heterocycles. The number of aliphatic hydroxyl groups excluding tert-OH is 2. The molecule has 0 radical (unpaired) electrons. The molecule has 3 atom stereocenters. The van der Waals surface area contributed by atoms with E-state index in [2.05, 4.69) is 35.7 Å². The first-order valence-corrected chi connectivity index (χ1v) is 7.95. The van der Waals surface area contributed by atoms with Gasteiger partial charge in [0.1, 0.15) is 6.10 Å². The number of rotatable bonds is 2. The largest absolute Gasteiger partial charge is 0.394 e. The highest BCUT2D eigenvalue weighted by Gasteiger charge is 2.34. The van der Waals surface area contributed by atoms with Crippen LogP contribution in [0, 0.1) is 36.7 Å². The SMILES string of the molecule is C#CB(C#C)C#C.OC[C@H]1O[C@@H](c2cccc3ccccc23)C[C@H]1O. The highest BCUT2D eigenvalue weighted by Crippen LogP contribution is 2.36. The van der Waals surface area contributed by atoms with E-state index in [0.717, 1.165) is 10.9 Å². The molecule has 0 unspecified atom stereocenters. The van der Waals surface area contributed by atoms with Crippen molar-refractivity contribution in [2.75, 3.05) is 6.61 Å². The normalized spacial score (nSPS) is 21.3. The summed E-state index contributed by atoms with van der Waals surface area (Å²) in [5.74, 6) is 6.69. The summed E-state index contributed by atoms with van der Waals surface area (Å²) in [7, 11) is 0. The molecular formula is C21H19BO3. The molecule has 0 saturated carbocycles. The lowest BCUT2D eigenvalue weighted by Crippen LogP contribution is -2.24. The molecule has 2 N–H and O–H groups in total. The van der Waals surface area contributed by atoms with Crippen molar-refractivity contribution >= 4 is 17.5 Å². The molecule has 25 heavy (non-hydrogen) atoms. The number of hydrogen-bond donors (Lipinski definition) is 2. The Labute approximate surface area is 149 Å². The molecule has 2 aromatic rings. The van der Waals surface area contributed by atoms with Crippen LogP contribution in [0.4, 0.5) is 0 Å². The van der Waals surface area contributed by atoms with Gasteiger partial charge < -0.3 is 14.9 Å². The average molecular weight is 330 g/mol. The van der Waals surface area contributed by atoms with Gasteiger partial charge in [0.2, 0.25) is 0 Å². The van der Waals surface area contributed by atoms with E-state index in [0.29, 0.717) is 6.42 Å². The Morgan fingerprint density at radius 2 is 1.68 bits per heavy atom. The molecule has 0 aromatic heterocycles. The molecule has 3 rings (SSSR count). The number of fused-ring (bicyclic) bond motifs is 1. The second-order valence-corrected chi connectivity index (χ2v) is 5.65. The molecule has 1 aliphatic rings. The lowest BCUT2D eigenvalue weighted by Gasteiger charge is -2.14. The Bertz CT molecular complexity index is 802. The third-order valence-corrected chi connectivity index (χ3v) is 4.07. The van der Waals surface area contributed by atoms with Gasteiger partial charge in [-0.2, -0.15) is 0 Å². The van der Waals surface area contributed by atoms with Crippen LogP contribution in [0.3, 0.4) is 0 Å². The maximum Gasteiger partial charge on any atom is 0.394 e. The Morgan fingerprint density at radius 3 is 2.24 bits per heavy atom. The number of benzene rings is 2. The molecule has 0 bridgehead atoms. The molecule has 0 aliphatic carbocycles. The van der Waals surface area contributed by atoms with Crippen molar-refractivity contribution in [1.82, 2.24) is 0 Å². The predicted molar refractivity (Wildman–Crippen MR) is 102 cm³/mol. The lowest BCUT2D eigenvalue weighted by atomic mass is 9.53. The van der Waals surface area contributed by atoms with Crippen LogP contribution in [0.15, 0.2) is 42.5 Å². The van der Waals surface area contributed by atoms with Crippen molar-refractivity contribution in [3.05, 3.63) is 48.0 Å². The summed E-state index contributed by atoms with van der Waals surface area (Å²) >= 11 is 0. The fourth-order valence-corrected chi connectivity index (χ4v) is 2.77. The summed E-state index contributed by atoms with van der Waals surface area (Å²) in [6, 6.07) is 14.2. The Balaban J connectivity index is 0.000000277. The van der Waals surface area contributed by atoms with Gasteiger partial charge in [0.05, 0.1) is 18.8 Å². The smallest absolute Gasteiger partial charge is 0.394 e. The zero-order chi connectivity index (χ0) is 18.2. The van der Waals surface area contributed by atoms with Crippen molar-refractivity contribution in [3.8, 4) is 36.7 Å². The van der Waals surface area contributed by atoms with Gasteiger partial charge >= 0.3 is 6.71 Å². The molecule has 2 aromatic carbocycles. The van der Waals surface area contributed by atoms with Crippen molar-refractivity contribution in [2.45, 2.75) is 24.7 Å². The summed E-state index contributed by atoms with van der Waals surface area (Å²) in [5.41, 5.74) is 1.09. The van der Waals surface area contributed by atoms with Crippen molar-refractivity contribution < 1.29 is 14.9 Å². The van der Waals surface area contributed by atoms with E-state index < -0.39 is 18.9 Å². The Kier molecular flexibility index (Phi) is 6.70. The maximum absolute atomic E-state index is 9.81. The van der Waals surface area contributed by atoms with Crippen LogP contribution in [0.2, 0.25) is 0 Å². The first kappa shape index (κ1) is 18.7. The zero-order valence-corrected chi connectivity index (χ0v) is 13.8. The van der Waals surface area contributed by atoms with E-state index >= 15 is 0 Å². The van der Waals surface area contributed by atoms with Crippen molar-refractivity contribution in [2.24, 2.45) is 0 Å². The van der Waals surface area contributed by atoms with Crippen LogP contribution in [-0.4, -0.2) is 35.7 Å². The van der Waals surface area contributed by atoms with Crippen LogP contribution in [0.25, 0.3) is 10.8 Å². The summed E-state index contributed by atoms with van der Waals surface area (Å²) in [4.78, 5) is 0. The van der Waals surface area contributed by atoms with Gasteiger partial charge in [-0.3, -0.25) is 0 Å². The van der Waals surface area contributed by atoms with Crippen LogP contribution < -0.4 is 0 Å². The maximum atomic E-state index is 9.81. The van der Waals surface area contributed by atoms with Crippen LogP contribution >= 0.6 is 0 Å². The monoisotopic (exact) mass is 330 g/mol. The standard InChI is InChI=1S/C15H16O3.C6H3B/c16-9-15-13(17)8-14(18-15)12-7-3-5-10-4-1-2-6-11(10)12;1-4-7(5-2)6-3/h1-7,13-17H,8-9H2;1-3H/t13-,14-,15-;/m1./s1. The van der Waals surface area contributed by atoms with Crippen molar-refractivity contribution in [1.29, 1.82) is 0 Å². The second kappa shape index (κ2) is 8.98. The van der Waals surface area contributed by atoms with Gasteiger partial charge in [0.25, 0.3) is 0 Å². The molecule has 1 saturated heterocycles. The number of aliphatic hydroxyl groups is 2. The van der Waals surface area contributed by atoms with Gasteiger partial charge in [-0.1, -0.05) is 42.5 Å². The van der Waals surface area contributed by atoms with E-state index in [-0.39, 0.29) is 12.7 Å². The van der Waals surface area contributed by atoms with Crippen molar-refractivity contribution in [3.63, 3.8) is 0 Å². The molecule has 1 heterocycles. The van der Waals surface area contributed by atoms with Gasteiger partial charge in [-0.05, 0) is 16.3 Å². The Hall–Kier alpha value is -2.68. The number of ether oxygens (including phenoxy) is 1. The minimum atomic E-state index is -0.584. The predicted octanol–water partition coefficient (Wildman–Crippen LogP) is 2.02. The van der Waals surface area contributed by atoms with Gasteiger partial charge in [-0.15, -0.1) is 36.7 Å². The highest BCUT2D eigenvalue weighted by molar-refractivity contribution is 6.82. The molecule has 4 heteroatoms. The summed E-state index contributed by atoms with van der Waals surface area (Å²) in [6.07, 6.45) is 13.9. The first-order valence-electron chi connectivity index (χ1n) is 7.95. The minimum Gasteiger partial charge on any atom is -0.394 e. The van der Waals surface area contributed by atoms with Crippen LogP contribution in [0.1, 0.15) is 18.1 Å². The molecular weight excluding hydrogens is 311 g/mol. The fraction of sp³-hybridized carbons (Fsp3) is 0.238. The summed E-state index contributed by atoms with van der Waals surface area (Å²) in [5, 5.41) is 21.3. The van der Waals surface area contributed by atoms with Gasteiger partial charge in [0.15, 0.2) is 0 Å². The summed E-state index contributed by atoms with van der Waals surface area (Å²) < 4.78 is 5.72. The zero-order valence-electron chi connectivity index (χ0n) is 13.8. The van der Waals surface area contributed by atoms with E-state index in [1.165, 1.54) is 5.39 Å². The second-order valence-electron chi connectivity index (χ2n) is 5.65. The highest BCUT2D eigenvalue weighted by atomic mass is 16.5. The average Bonchev–Trinajstić information content (AvgIpc) is 3.04. The fourth-order valence-electron chi connectivity index (χ4n) is 2.77. The molecule has 0 spiro atoms. The van der Waals surface area contributed by atoms with Gasteiger partial charge in [-0.25, -0.2) is 0 Å². The van der Waals surface area contributed by atoms with E-state index in [1.807, 2.05) is 24.3 Å². The van der Waals surface area contributed by atoms with Crippen LogP contribution in [-0.2, 0) is 4.74 Å². The Morgan fingerprint density at radius 1 is 1.04 bits per heavy atom. The third kappa shape index (κ3) is 4.45.